The molecule has 0 fully saturated rings. The Balaban J connectivity index is 1.57. The van der Waals surface area contributed by atoms with E-state index in [-0.39, 0.29) is 0 Å². The van der Waals surface area contributed by atoms with Gasteiger partial charge in [0.2, 0.25) is 0 Å². The minimum absolute atomic E-state index is 0.854. The van der Waals surface area contributed by atoms with Crippen molar-refractivity contribution in [1.29, 1.82) is 0 Å². The van der Waals surface area contributed by atoms with E-state index in [4.69, 9.17) is 9.97 Å². The highest BCUT2D eigenvalue weighted by Gasteiger charge is 2.09. The summed E-state index contributed by atoms with van der Waals surface area (Å²) in [7, 11) is 0. The lowest BCUT2D eigenvalue weighted by molar-refractivity contribution is 1.29. The fourth-order valence-electron chi connectivity index (χ4n) is 3.90. The smallest absolute Gasteiger partial charge is 0.0973 e. The summed E-state index contributed by atoms with van der Waals surface area (Å²) in [4.78, 5) is 14.6. The summed E-state index contributed by atoms with van der Waals surface area (Å²) in [6, 6.07) is 33.1. The molecule has 3 heterocycles. The third kappa shape index (κ3) is 2.80. The van der Waals surface area contributed by atoms with Gasteiger partial charge in [0, 0.05) is 27.9 Å². The number of nitrogens with zero attached hydrogens (tertiary/aromatic N) is 3. The van der Waals surface area contributed by atoms with Crippen molar-refractivity contribution in [2.45, 2.75) is 0 Å². The highest BCUT2D eigenvalue weighted by atomic mass is 14.8. The molecule has 0 N–H and O–H groups in total. The first-order valence-corrected chi connectivity index (χ1v) is 9.96. The minimum atomic E-state index is 0.854. The summed E-state index contributed by atoms with van der Waals surface area (Å²) >= 11 is 0. The number of benzene rings is 3. The van der Waals surface area contributed by atoms with Crippen LogP contribution in [0.15, 0.2) is 103 Å². The van der Waals surface area contributed by atoms with Crippen LogP contribution >= 0.6 is 0 Å². The molecule has 6 aromatic rings. The molecular weight excluding hydrogens is 366 g/mol. The summed E-state index contributed by atoms with van der Waals surface area (Å²) in [6.45, 7) is 0. The van der Waals surface area contributed by atoms with Crippen molar-refractivity contribution in [1.82, 2.24) is 15.0 Å². The molecule has 3 nitrogen and oxygen atoms in total. The van der Waals surface area contributed by atoms with Gasteiger partial charge in [0.05, 0.1) is 28.1 Å². The number of fused-ring (bicyclic) bond motifs is 4. The normalized spacial score (nSPS) is 11.3. The van der Waals surface area contributed by atoms with Gasteiger partial charge >= 0.3 is 0 Å². The molecule has 30 heavy (non-hydrogen) atoms. The Morgan fingerprint density at radius 1 is 0.433 bits per heavy atom. The fraction of sp³-hybridized carbons (Fsp3) is 0. The molecule has 0 radical (unpaired) electrons. The summed E-state index contributed by atoms with van der Waals surface area (Å²) < 4.78 is 0. The number of rotatable bonds is 2. The van der Waals surface area contributed by atoms with Gasteiger partial charge in [-0.3, -0.25) is 4.98 Å². The largest absolute Gasteiger partial charge is 0.254 e. The summed E-state index contributed by atoms with van der Waals surface area (Å²) in [5.74, 6) is 0. The Morgan fingerprint density at radius 2 is 1.03 bits per heavy atom. The topological polar surface area (TPSA) is 38.7 Å². The van der Waals surface area contributed by atoms with Crippen molar-refractivity contribution < 1.29 is 0 Å². The predicted octanol–water partition coefficient (Wildman–Crippen LogP) is 6.67. The molecule has 0 aliphatic rings. The van der Waals surface area contributed by atoms with Crippen LogP contribution in [0.2, 0.25) is 0 Å². The lowest BCUT2D eigenvalue weighted by atomic mass is 10.1. The SMILES string of the molecule is c1ccc(-c2ccc3ccc4ccc(-c5cc6ccccc6cn5)nc4c3n2)cc1. The summed E-state index contributed by atoms with van der Waals surface area (Å²) in [5, 5.41) is 4.44. The highest BCUT2D eigenvalue weighted by Crippen LogP contribution is 2.28. The van der Waals surface area contributed by atoms with Crippen LogP contribution in [0, 0.1) is 0 Å². The van der Waals surface area contributed by atoms with Crippen molar-refractivity contribution in [2.75, 3.05) is 0 Å². The van der Waals surface area contributed by atoms with Gasteiger partial charge in [-0.25, -0.2) is 9.97 Å². The van der Waals surface area contributed by atoms with Gasteiger partial charge in [0.1, 0.15) is 0 Å². The first kappa shape index (κ1) is 16.8. The molecule has 0 amide bonds. The molecular formula is C27H17N3. The van der Waals surface area contributed by atoms with Gasteiger partial charge in [-0.2, -0.15) is 0 Å². The zero-order chi connectivity index (χ0) is 19.9. The quantitative estimate of drug-likeness (QED) is 0.314. The molecule has 0 saturated heterocycles. The van der Waals surface area contributed by atoms with E-state index in [1.807, 2.05) is 42.6 Å². The van der Waals surface area contributed by atoms with Gasteiger partial charge in [0.15, 0.2) is 0 Å². The summed E-state index contributed by atoms with van der Waals surface area (Å²) in [6.07, 6.45) is 1.91. The lowest BCUT2D eigenvalue weighted by Crippen LogP contribution is -1.92. The molecule has 0 aliphatic heterocycles. The maximum atomic E-state index is 4.99. The lowest BCUT2D eigenvalue weighted by Gasteiger charge is -2.08. The van der Waals surface area contributed by atoms with Crippen LogP contribution in [-0.4, -0.2) is 15.0 Å². The van der Waals surface area contributed by atoms with E-state index in [2.05, 4.69) is 65.6 Å². The van der Waals surface area contributed by atoms with Crippen LogP contribution < -0.4 is 0 Å². The second-order valence-electron chi connectivity index (χ2n) is 7.38. The Kier molecular flexibility index (Phi) is 3.78. The Labute approximate surface area is 173 Å². The van der Waals surface area contributed by atoms with Crippen LogP contribution in [0.5, 0.6) is 0 Å². The molecule has 0 atom stereocenters. The molecule has 3 aromatic carbocycles. The van der Waals surface area contributed by atoms with E-state index >= 15 is 0 Å². The van der Waals surface area contributed by atoms with E-state index in [1.165, 1.54) is 0 Å². The molecule has 0 aliphatic carbocycles. The molecule has 0 spiro atoms. The van der Waals surface area contributed by atoms with Crippen molar-refractivity contribution >= 4 is 32.6 Å². The second-order valence-corrected chi connectivity index (χ2v) is 7.38. The standard InChI is InChI=1S/C27H17N3/c1-2-6-18(7-3-1)23-14-12-19-10-11-20-13-15-24(30-27(20)26(19)29-23)25-16-21-8-4-5-9-22(21)17-28-25/h1-17H. The number of hydrogen-bond donors (Lipinski definition) is 0. The van der Waals surface area contributed by atoms with E-state index < -0.39 is 0 Å². The van der Waals surface area contributed by atoms with Gasteiger partial charge in [0.25, 0.3) is 0 Å². The highest BCUT2D eigenvalue weighted by molar-refractivity contribution is 6.04. The Bertz CT molecular complexity index is 1540. The minimum Gasteiger partial charge on any atom is -0.254 e. The molecule has 0 bridgehead atoms. The van der Waals surface area contributed by atoms with Crippen LogP contribution in [0.4, 0.5) is 0 Å². The van der Waals surface area contributed by atoms with Crippen LogP contribution in [0.1, 0.15) is 0 Å². The van der Waals surface area contributed by atoms with Gasteiger partial charge in [-0.05, 0) is 23.6 Å². The third-order valence-electron chi connectivity index (χ3n) is 5.48. The number of hydrogen-bond acceptors (Lipinski definition) is 3. The van der Waals surface area contributed by atoms with E-state index in [0.717, 1.165) is 55.2 Å². The van der Waals surface area contributed by atoms with Crippen LogP contribution in [0.3, 0.4) is 0 Å². The fourth-order valence-corrected chi connectivity index (χ4v) is 3.90. The van der Waals surface area contributed by atoms with Gasteiger partial charge in [-0.15, -0.1) is 0 Å². The second kappa shape index (κ2) is 6.75. The molecule has 6 rings (SSSR count). The van der Waals surface area contributed by atoms with Crippen molar-refractivity contribution in [3.05, 3.63) is 103 Å². The number of aromatic nitrogens is 3. The molecule has 140 valence electrons. The van der Waals surface area contributed by atoms with Crippen LogP contribution in [-0.2, 0) is 0 Å². The summed E-state index contributed by atoms with van der Waals surface area (Å²) in [5.41, 5.74) is 5.59. The van der Waals surface area contributed by atoms with Gasteiger partial charge in [-0.1, -0.05) is 78.9 Å². The van der Waals surface area contributed by atoms with Crippen molar-refractivity contribution in [3.8, 4) is 22.6 Å². The average Bonchev–Trinajstić information content (AvgIpc) is 2.83. The molecule has 0 saturated carbocycles. The maximum Gasteiger partial charge on any atom is 0.0973 e. The maximum absolute atomic E-state index is 4.99. The molecule has 3 aromatic heterocycles. The van der Waals surface area contributed by atoms with Crippen molar-refractivity contribution in [3.63, 3.8) is 0 Å². The van der Waals surface area contributed by atoms with Crippen molar-refractivity contribution in [2.24, 2.45) is 0 Å². The van der Waals surface area contributed by atoms with E-state index in [1.54, 1.807) is 0 Å². The Hall–Kier alpha value is -4.11. The zero-order valence-electron chi connectivity index (χ0n) is 16.2. The predicted molar refractivity (Wildman–Crippen MR) is 123 cm³/mol. The van der Waals surface area contributed by atoms with E-state index in [9.17, 15) is 0 Å². The monoisotopic (exact) mass is 383 g/mol. The van der Waals surface area contributed by atoms with E-state index in [0.29, 0.717) is 0 Å². The van der Waals surface area contributed by atoms with Crippen LogP contribution in [0.25, 0.3) is 55.2 Å². The molecule has 3 heteroatoms. The first-order valence-electron chi connectivity index (χ1n) is 9.96. The number of pyridine rings is 3. The van der Waals surface area contributed by atoms with Gasteiger partial charge < -0.3 is 0 Å². The third-order valence-corrected chi connectivity index (χ3v) is 5.48. The Morgan fingerprint density at radius 3 is 1.80 bits per heavy atom. The average molecular weight is 383 g/mol. The zero-order valence-corrected chi connectivity index (χ0v) is 16.2. The molecule has 0 unspecified atom stereocenters. The first-order chi connectivity index (χ1) is 14.8.